The van der Waals surface area contributed by atoms with Crippen molar-refractivity contribution in [3.05, 3.63) is 89.7 Å². The lowest BCUT2D eigenvalue weighted by molar-refractivity contribution is 0.0914. The molecule has 1 aromatic heterocycles. The van der Waals surface area contributed by atoms with Crippen LogP contribution in [0.1, 0.15) is 17.0 Å². The zero-order chi connectivity index (χ0) is 20.9. The molecule has 5 nitrogen and oxygen atoms in total. The summed E-state index contributed by atoms with van der Waals surface area (Å²) in [4.78, 5) is 4.71. The number of benzene rings is 3. The van der Waals surface area contributed by atoms with Gasteiger partial charge in [-0.3, -0.25) is 0 Å². The Hall–Kier alpha value is -3.31. The third kappa shape index (κ3) is 4.63. The first kappa shape index (κ1) is 20.0. The maximum atomic E-state index is 10.7. The molecule has 0 aliphatic rings. The fraction of sp³-hybridized carbons (Fsp3) is 0.240. The van der Waals surface area contributed by atoms with E-state index in [2.05, 4.69) is 6.07 Å². The molecule has 0 fully saturated rings. The number of ether oxygens (including phenoxy) is 2. The van der Waals surface area contributed by atoms with Gasteiger partial charge in [-0.25, -0.2) is 4.98 Å². The van der Waals surface area contributed by atoms with E-state index >= 15 is 0 Å². The lowest BCUT2D eigenvalue weighted by Gasteiger charge is -2.17. The van der Waals surface area contributed by atoms with E-state index in [1.54, 1.807) is 0 Å². The van der Waals surface area contributed by atoms with Crippen LogP contribution in [0.4, 0.5) is 0 Å². The Balaban J connectivity index is 1.49. The highest BCUT2D eigenvalue weighted by Crippen LogP contribution is 2.21. The van der Waals surface area contributed by atoms with E-state index < -0.39 is 6.10 Å². The molecule has 3 aromatic carbocycles. The molecule has 4 aromatic rings. The summed E-state index contributed by atoms with van der Waals surface area (Å²) < 4.78 is 13.8. The molecular formula is C25H26N2O3. The third-order valence-electron chi connectivity index (χ3n) is 5.01. The van der Waals surface area contributed by atoms with Gasteiger partial charge >= 0.3 is 0 Å². The van der Waals surface area contributed by atoms with E-state index in [0.29, 0.717) is 13.2 Å². The lowest BCUT2D eigenvalue weighted by Crippen LogP contribution is -2.25. The molecule has 4 rings (SSSR count). The molecule has 1 atom stereocenters. The average Bonchev–Trinajstić information content (AvgIpc) is 3.11. The van der Waals surface area contributed by atoms with Crippen LogP contribution in [0, 0.1) is 13.8 Å². The molecule has 0 aliphatic carbocycles. The van der Waals surface area contributed by atoms with E-state index in [9.17, 15) is 5.11 Å². The summed E-state index contributed by atoms with van der Waals surface area (Å²) in [6.45, 7) is 4.93. The Kier molecular flexibility index (Phi) is 6.00. The van der Waals surface area contributed by atoms with Crippen LogP contribution in [-0.2, 0) is 13.2 Å². The Bertz CT molecular complexity index is 1120. The van der Waals surface area contributed by atoms with Crippen LogP contribution in [0.2, 0.25) is 0 Å². The summed E-state index contributed by atoms with van der Waals surface area (Å²) in [5, 5.41) is 10.7. The zero-order valence-electron chi connectivity index (χ0n) is 17.3. The van der Waals surface area contributed by atoms with Crippen molar-refractivity contribution in [3.8, 4) is 11.5 Å². The van der Waals surface area contributed by atoms with Gasteiger partial charge in [-0.05, 0) is 55.3 Å². The molecule has 0 bridgehead atoms. The van der Waals surface area contributed by atoms with Crippen molar-refractivity contribution >= 4 is 11.0 Å². The summed E-state index contributed by atoms with van der Waals surface area (Å²) in [5.41, 5.74) is 4.03. The first-order chi connectivity index (χ1) is 14.6. The van der Waals surface area contributed by atoms with Gasteiger partial charge < -0.3 is 19.1 Å². The molecule has 30 heavy (non-hydrogen) atoms. The fourth-order valence-corrected chi connectivity index (χ4v) is 3.42. The number of nitrogens with zero attached hydrogens (tertiary/aromatic N) is 2. The normalized spacial score (nSPS) is 12.1. The third-order valence-corrected chi connectivity index (χ3v) is 5.01. The fourth-order valence-electron chi connectivity index (χ4n) is 3.42. The molecular weight excluding hydrogens is 376 g/mol. The molecule has 0 spiro atoms. The van der Waals surface area contributed by atoms with Crippen molar-refractivity contribution in [2.45, 2.75) is 33.1 Å². The molecule has 5 heteroatoms. The molecule has 1 N–H and O–H groups in total. The molecule has 0 saturated heterocycles. The van der Waals surface area contributed by atoms with Gasteiger partial charge in [0.05, 0.1) is 17.6 Å². The quantitative estimate of drug-likeness (QED) is 0.465. The first-order valence-electron chi connectivity index (χ1n) is 10.1. The number of aliphatic hydroxyl groups is 1. The Labute approximate surface area is 176 Å². The SMILES string of the molecule is Cc1ccc(C)c(OC[C@H](O)Cn2c(COc3ccccc3)nc3ccccc32)c1. The highest BCUT2D eigenvalue weighted by molar-refractivity contribution is 5.75. The van der Waals surface area contributed by atoms with Crippen molar-refractivity contribution < 1.29 is 14.6 Å². The predicted molar refractivity (Wildman–Crippen MR) is 118 cm³/mol. The number of hydrogen-bond acceptors (Lipinski definition) is 4. The van der Waals surface area contributed by atoms with Crippen molar-refractivity contribution in [1.82, 2.24) is 9.55 Å². The minimum absolute atomic E-state index is 0.204. The number of imidazole rings is 1. The zero-order valence-corrected chi connectivity index (χ0v) is 17.3. The van der Waals surface area contributed by atoms with Gasteiger partial charge in [-0.1, -0.05) is 42.5 Å². The number of aryl methyl sites for hydroxylation is 2. The van der Waals surface area contributed by atoms with Gasteiger partial charge in [0, 0.05) is 0 Å². The van der Waals surface area contributed by atoms with Crippen molar-refractivity contribution in [3.63, 3.8) is 0 Å². The van der Waals surface area contributed by atoms with Gasteiger partial charge in [0.25, 0.3) is 0 Å². The minimum Gasteiger partial charge on any atom is -0.491 e. The van der Waals surface area contributed by atoms with Crippen LogP contribution in [0.3, 0.4) is 0 Å². The summed E-state index contributed by atoms with van der Waals surface area (Å²) in [7, 11) is 0. The number of aromatic nitrogens is 2. The Morgan fingerprint density at radius 1 is 0.933 bits per heavy atom. The van der Waals surface area contributed by atoms with Gasteiger partial charge in [0.15, 0.2) is 0 Å². The maximum Gasteiger partial charge on any atom is 0.148 e. The summed E-state index contributed by atoms with van der Waals surface area (Å²) in [6, 6.07) is 23.6. The van der Waals surface area contributed by atoms with Crippen molar-refractivity contribution in [2.24, 2.45) is 0 Å². The number of fused-ring (bicyclic) bond motifs is 1. The van der Waals surface area contributed by atoms with Crippen LogP contribution in [0.5, 0.6) is 11.5 Å². The van der Waals surface area contributed by atoms with E-state index in [4.69, 9.17) is 14.5 Å². The second kappa shape index (κ2) is 9.01. The summed E-state index contributed by atoms with van der Waals surface area (Å²) >= 11 is 0. The molecule has 0 radical (unpaired) electrons. The maximum absolute atomic E-state index is 10.7. The standard InChI is InChI=1S/C25H26N2O3/c1-18-12-13-19(2)24(14-18)30-16-20(28)15-27-23-11-7-6-10-22(23)26-25(27)17-29-21-8-4-3-5-9-21/h3-14,20,28H,15-17H2,1-2H3/t20-/m1/s1. The number of rotatable bonds is 8. The lowest BCUT2D eigenvalue weighted by atomic mass is 10.1. The van der Waals surface area contributed by atoms with Crippen LogP contribution < -0.4 is 9.47 Å². The smallest absolute Gasteiger partial charge is 0.148 e. The molecule has 0 saturated carbocycles. The summed E-state index contributed by atoms with van der Waals surface area (Å²) in [6.07, 6.45) is -0.682. The van der Waals surface area contributed by atoms with Crippen molar-refractivity contribution in [2.75, 3.05) is 6.61 Å². The summed E-state index contributed by atoms with van der Waals surface area (Å²) in [5.74, 6) is 2.36. The van der Waals surface area contributed by atoms with Gasteiger partial charge in [-0.15, -0.1) is 0 Å². The predicted octanol–water partition coefficient (Wildman–Crippen LogP) is 4.67. The minimum atomic E-state index is -0.682. The van der Waals surface area contributed by atoms with Gasteiger partial charge in [0.1, 0.15) is 36.6 Å². The monoisotopic (exact) mass is 402 g/mol. The largest absolute Gasteiger partial charge is 0.491 e. The second-order valence-corrected chi connectivity index (χ2v) is 7.46. The first-order valence-corrected chi connectivity index (χ1v) is 10.1. The van der Waals surface area contributed by atoms with E-state index in [1.165, 1.54) is 0 Å². The van der Waals surface area contributed by atoms with E-state index in [0.717, 1.165) is 39.5 Å². The van der Waals surface area contributed by atoms with E-state index in [1.807, 2.05) is 85.1 Å². The molecule has 0 unspecified atom stereocenters. The number of aliphatic hydroxyl groups excluding tert-OH is 1. The van der Waals surface area contributed by atoms with Crippen LogP contribution in [-0.4, -0.2) is 27.4 Å². The Morgan fingerprint density at radius 3 is 2.53 bits per heavy atom. The van der Waals surface area contributed by atoms with Crippen LogP contribution >= 0.6 is 0 Å². The van der Waals surface area contributed by atoms with Crippen molar-refractivity contribution in [1.29, 1.82) is 0 Å². The van der Waals surface area contributed by atoms with Gasteiger partial charge in [-0.2, -0.15) is 0 Å². The molecule has 154 valence electrons. The number of para-hydroxylation sites is 3. The van der Waals surface area contributed by atoms with E-state index in [-0.39, 0.29) is 6.61 Å². The van der Waals surface area contributed by atoms with Gasteiger partial charge in [0.2, 0.25) is 0 Å². The molecule has 0 aliphatic heterocycles. The van der Waals surface area contributed by atoms with Crippen LogP contribution in [0.15, 0.2) is 72.8 Å². The highest BCUT2D eigenvalue weighted by atomic mass is 16.5. The van der Waals surface area contributed by atoms with Crippen LogP contribution in [0.25, 0.3) is 11.0 Å². The number of hydrogen-bond donors (Lipinski definition) is 1. The molecule has 0 amide bonds. The topological polar surface area (TPSA) is 56.5 Å². The average molecular weight is 402 g/mol. The Morgan fingerprint density at radius 2 is 1.70 bits per heavy atom. The highest BCUT2D eigenvalue weighted by Gasteiger charge is 2.16. The second-order valence-electron chi connectivity index (χ2n) is 7.46. The molecule has 1 heterocycles.